The van der Waals surface area contributed by atoms with Gasteiger partial charge in [-0.3, -0.25) is 15.1 Å². The third kappa shape index (κ3) is 3.53. The van der Waals surface area contributed by atoms with Crippen LogP contribution in [0.5, 0.6) is 5.75 Å². The topological polar surface area (TPSA) is 82.3 Å². The molecule has 0 radical (unpaired) electrons. The second-order valence-electron chi connectivity index (χ2n) is 5.37. The minimum Gasteiger partial charge on any atom is -0.413 e. The zero-order valence-corrected chi connectivity index (χ0v) is 13.4. The molecular formula is C19H14N2O4. The number of fused-ring (bicyclic) bond motifs is 1. The lowest BCUT2D eigenvalue weighted by Crippen LogP contribution is -2.11. The number of rotatable bonds is 4. The minimum absolute atomic E-state index is 0.145. The standard InChI is InChI=1S/C19H14N2O4/c1-13(12-14-6-3-2-4-7-14)19(22)25-18-16(21(23)24)10-9-15-8-5-11-20-17(15)18/h2-12H,1H3/b13-12+. The van der Waals surface area contributed by atoms with Gasteiger partial charge in [0.05, 0.1) is 4.92 Å². The molecule has 124 valence electrons. The molecule has 1 heterocycles. The molecule has 0 spiro atoms. The van der Waals surface area contributed by atoms with Gasteiger partial charge < -0.3 is 4.74 Å². The smallest absolute Gasteiger partial charge is 0.339 e. The number of pyridine rings is 1. The van der Waals surface area contributed by atoms with Gasteiger partial charge in [0.2, 0.25) is 5.75 Å². The van der Waals surface area contributed by atoms with Gasteiger partial charge in [0.1, 0.15) is 5.52 Å². The Morgan fingerprint density at radius 3 is 2.60 bits per heavy atom. The largest absolute Gasteiger partial charge is 0.413 e. The Morgan fingerprint density at radius 2 is 1.88 bits per heavy atom. The molecule has 1 aromatic heterocycles. The number of nitrogens with zero attached hydrogens (tertiary/aromatic N) is 2. The van der Waals surface area contributed by atoms with Crippen molar-refractivity contribution in [2.24, 2.45) is 0 Å². The number of hydrogen-bond donors (Lipinski definition) is 0. The van der Waals surface area contributed by atoms with E-state index in [1.54, 1.807) is 31.2 Å². The minimum atomic E-state index is -0.662. The number of carbonyl (C=O) groups is 1. The molecule has 0 fully saturated rings. The van der Waals surface area contributed by atoms with Gasteiger partial charge in [0, 0.05) is 23.2 Å². The number of benzene rings is 2. The molecule has 3 aromatic rings. The number of ether oxygens (including phenoxy) is 1. The fourth-order valence-corrected chi connectivity index (χ4v) is 2.38. The van der Waals surface area contributed by atoms with E-state index in [2.05, 4.69) is 4.98 Å². The first-order chi connectivity index (χ1) is 12.1. The van der Waals surface area contributed by atoms with Gasteiger partial charge in [-0.1, -0.05) is 36.4 Å². The van der Waals surface area contributed by atoms with Crippen molar-refractivity contribution in [2.75, 3.05) is 0 Å². The summed E-state index contributed by atoms with van der Waals surface area (Å²) >= 11 is 0. The summed E-state index contributed by atoms with van der Waals surface area (Å²) in [5, 5.41) is 11.9. The van der Waals surface area contributed by atoms with E-state index >= 15 is 0 Å². The molecule has 0 amide bonds. The van der Waals surface area contributed by atoms with E-state index in [1.165, 1.54) is 12.3 Å². The lowest BCUT2D eigenvalue weighted by atomic mass is 10.1. The van der Waals surface area contributed by atoms with Crippen LogP contribution in [-0.2, 0) is 4.79 Å². The summed E-state index contributed by atoms with van der Waals surface area (Å²) in [5.74, 6) is -0.806. The van der Waals surface area contributed by atoms with Crippen LogP contribution in [0, 0.1) is 10.1 Å². The lowest BCUT2D eigenvalue weighted by molar-refractivity contribution is -0.385. The van der Waals surface area contributed by atoms with E-state index < -0.39 is 10.9 Å². The maximum atomic E-state index is 12.4. The summed E-state index contributed by atoms with van der Waals surface area (Å²) in [7, 11) is 0. The quantitative estimate of drug-likeness (QED) is 0.235. The van der Waals surface area contributed by atoms with Gasteiger partial charge in [-0.05, 0) is 30.7 Å². The van der Waals surface area contributed by atoms with Crippen molar-refractivity contribution < 1.29 is 14.5 Å². The second kappa shape index (κ2) is 6.92. The molecule has 2 aromatic carbocycles. The van der Waals surface area contributed by atoms with Gasteiger partial charge in [-0.15, -0.1) is 0 Å². The van der Waals surface area contributed by atoms with Crippen LogP contribution in [-0.4, -0.2) is 15.9 Å². The van der Waals surface area contributed by atoms with Gasteiger partial charge >= 0.3 is 11.7 Å². The lowest BCUT2D eigenvalue weighted by Gasteiger charge is -2.08. The van der Waals surface area contributed by atoms with E-state index in [9.17, 15) is 14.9 Å². The molecule has 3 rings (SSSR count). The van der Waals surface area contributed by atoms with E-state index in [0.717, 1.165) is 5.56 Å². The molecule has 0 N–H and O–H groups in total. The monoisotopic (exact) mass is 334 g/mol. The van der Waals surface area contributed by atoms with E-state index in [4.69, 9.17) is 4.74 Å². The van der Waals surface area contributed by atoms with Crippen molar-refractivity contribution in [1.29, 1.82) is 0 Å². The molecule has 0 bridgehead atoms. The number of aromatic nitrogens is 1. The molecule has 0 aliphatic carbocycles. The molecule has 0 aliphatic rings. The zero-order valence-electron chi connectivity index (χ0n) is 13.4. The van der Waals surface area contributed by atoms with E-state index in [-0.39, 0.29) is 17.0 Å². The number of nitro groups is 1. The first-order valence-corrected chi connectivity index (χ1v) is 7.54. The molecule has 6 heteroatoms. The highest BCUT2D eigenvalue weighted by atomic mass is 16.6. The Labute approximate surface area is 143 Å². The molecule has 0 aliphatic heterocycles. The molecule has 6 nitrogen and oxygen atoms in total. The number of nitro benzene ring substituents is 1. The number of esters is 1. The Morgan fingerprint density at radius 1 is 1.12 bits per heavy atom. The second-order valence-corrected chi connectivity index (χ2v) is 5.37. The third-order valence-electron chi connectivity index (χ3n) is 3.60. The average Bonchev–Trinajstić information content (AvgIpc) is 2.62. The van der Waals surface area contributed by atoms with Crippen LogP contribution in [0.2, 0.25) is 0 Å². The molecule has 0 atom stereocenters. The average molecular weight is 334 g/mol. The van der Waals surface area contributed by atoms with Gasteiger partial charge in [-0.2, -0.15) is 0 Å². The van der Waals surface area contributed by atoms with Crippen LogP contribution < -0.4 is 4.74 Å². The predicted molar refractivity (Wildman–Crippen MR) is 94.1 cm³/mol. The number of carbonyl (C=O) groups excluding carboxylic acids is 1. The Balaban J connectivity index is 1.99. The first-order valence-electron chi connectivity index (χ1n) is 7.54. The van der Waals surface area contributed by atoms with Gasteiger partial charge in [0.15, 0.2) is 0 Å². The summed E-state index contributed by atoms with van der Waals surface area (Å²) in [4.78, 5) is 27.2. The first kappa shape index (κ1) is 16.3. The van der Waals surface area contributed by atoms with E-state index in [1.807, 2.05) is 30.3 Å². The summed E-state index contributed by atoms with van der Waals surface area (Å²) in [6.07, 6.45) is 3.16. The van der Waals surface area contributed by atoms with Gasteiger partial charge in [-0.25, -0.2) is 4.79 Å². The van der Waals surface area contributed by atoms with Crippen molar-refractivity contribution in [2.45, 2.75) is 6.92 Å². The summed E-state index contributed by atoms with van der Waals surface area (Å²) < 4.78 is 5.34. The molecule has 0 saturated heterocycles. The highest BCUT2D eigenvalue weighted by Gasteiger charge is 2.22. The Hall–Kier alpha value is -3.54. The van der Waals surface area contributed by atoms with Gasteiger partial charge in [0.25, 0.3) is 0 Å². The number of hydrogen-bond acceptors (Lipinski definition) is 5. The molecular weight excluding hydrogens is 320 g/mol. The SMILES string of the molecule is C/C(=C\c1ccccc1)C(=O)Oc1c([N+](=O)[O-])ccc2cccnc12. The van der Waals surface area contributed by atoms with Crippen LogP contribution in [0.15, 0.2) is 66.4 Å². The maximum absolute atomic E-state index is 12.4. The molecule has 25 heavy (non-hydrogen) atoms. The normalized spacial score (nSPS) is 11.3. The van der Waals surface area contributed by atoms with Crippen LogP contribution >= 0.6 is 0 Å². The van der Waals surface area contributed by atoms with Crippen molar-refractivity contribution in [3.05, 3.63) is 82.0 Å². The van der Waals surface area contributed by atoms with E-state index in [0.29, 0.717) is 11.0 Å². The molecule has 0 saturated carbocycles. The van der Waals surface area contributed by atoms with Crippen molar-refractivity contribution in [1.82, 2.24) is 4.98 Å². The fourth-order valence-electron chi connectivity index (χ4n) is 2.38. The molecule has 0 unspecified atom stereocenters. The highest BCUT2D eigenvalue weighted by Crippen LogP contribution is 2.34. The van der Waals surface area contributed by atoms with Crippen molar-refractivity contribution in [3.8, 4) is 5.75 Å². The fraction of sp³-hybridized carbons (Fsp3) is 0.0526. The van der Waals surface area contributed by atoms with Crippen molar-refractivity contribution >= 4 is 28.6 Å². The summed E-state index contributed by atoms with van der Waals surface area (Å²) in [6, 6.07) is 15.6. The Bertz CT molecular complexity index is 981. The maximum Gasteiger partial charge on any atom is 0.339 e. The zero-order chi connectivity index (χ0) is 17.8. The van der Waals surface area contributed by atoms with Crippen LogP contribution in [0.3, 0.4) is 0 Å². The van der Waals surface area contributed by atoms with Crippen LogP contribution in [0.25, 0.3) is 17.0 Å². The Kier molecular flexibility index (Phi) is 4.52. The van der Waals surface area contributed by atoms with Crippen molar-refractivity contribution in [3.63, 3.8) is 0 Å². The van der Waals surface area contributed by atoms with Crippen LogP contribution in [0.1, 0.15) is 12.5 Å². The predicted octanol–water partition coefficient (Wildman–Crippen LogP) is 4.15. The summed E-state index contributed by atoms with van der Waals surface area (Å²) in [6.45, 7) is 1.60. The highest BCUT2D eigenvalue weighted by molar-refractivity contribution is 5.98. The third-order valence-corrected chi connectivity index (χ3v) is 3.60. The van der Waals surface area contributed by atoms with Crippen LogP contribution in [0.4, 0.5) is 5.69 Å². The summed E-state index contributed by atoms with van der Waals surface area (Å²) in [5.41, 5.74) is 1.14.